The zero-order chi connectivity index (χ0) is 13.0. The molecule has 7 nitrogen and oxygen atoms in total. The zero-order valence-corrected chi connectivity index (χ0v) is 9.69. The molecule has 0 aliphatic carbocycles. The number of nitrogens with zero attached hydrogens (tertiary/aromatic N) is 2. The van der Waals surface area contributed by atoms with Gasteiger partial charge in [0, 0.05) is 26.7 Å². The molecule has 0 radical (unpaired) electrons. The molecular weight excluding hydrogens is 224 g/mol. The van der Waals surface area contributed by atoms with Gasteiger partial charge in [-0.3, -0.25) is 19.2 Å². The van der Waals surface area contributed by atoms with Crippen molar-refractivity contribution in [3.8, 4) is 0 Å². The van der Waals surface area contributed by atoms with Crippen molar-refractivity contribution in [2.75, 3.05) is 11.9 Å². The van der Waals surface area contributed by atoms with Gasteiger partial charge in [-0.05, 0) is 0 Å². The maximum Gasteiger partial charge on any atom is 0.332 e. The van der Waals surface area contributed by atoms with Crippen LogP contribution in [0.15, 0.2) is 28.3 Å². The van der Waals surface area contributed by atoms with Crippen LogP contribution < -0.4 is 21.9 Å². The number of aromatic nitrogens is 2. The molecule has 1 aromatic heterocycles. The average molecular weight is 238 g/mol. The van der Waals surface area contributed by atoms with Crippen LogP contribution in [0.2, 0.25) is 0 Å². The summed E-state index contributed by atoms with van der Waals surface area (Å²) in [7, 11) is 2.83. The number of hydrogen-bond donors (Lipinski definition) is 2. The van der Waals surface area contributed by atoms with Crippen LogP contribution in [0.3, 0.4) is 0 Å². The van der Waals surface area contributed by atoms with Gasteiger partial charge in [0.2, 0.25) is 0 Å². The molecule has 7 heteroatoms. The second-order valence-electron chi connectivity index (χ2n) is 3.39. The first-order chi connectivity index (χ1) is 7.97. The van der Waals surface area contributed by atoms with Crippen molar-refractivity contribution < 1.29 is 4.79 Å². The summed E-state index contributed by atoms with van der Waals surface area (Å²) in [4.78, 5) is 34.3. The first-order valence-electron chi connectivity index (χ1n) is 4.90. The second kappa shape index (κ2) is 5.15. The third kappa shape index (κ3) is 2.83. The molecule has 0 fully saturated rings. The lowest BCUT2D eigenvalue weighted by Gasteiger charge is -2.10. The van der Waals surface area contributed by atoms with Gasteiger partial charge in [0.25, 0.3) is 5.56 Å². The van der Waals surface area contributed by atoms with E-state index in [-0.39, 0.29) is 5.82 Å². The van der Waals surface area contributed by atoms with Crippen LogP contribution in [0.25, 0.3) is 0 Å². The van der Waals surface area contributed by atoms with Crippen LogP contribution in [0.5, 0.6) is 0 Å². The predicted octanol–water partition coefficient (Wildman–Crippen LogP) is -0.608. The summed E-state index contributed by atoms with van der Waals surface area (Å²) in [6.07, 6.45) is 1.52. The van der Waals surface area contributed by atoms with Crippen molar-refractivity contribution in [1.82, 2.24) is 14.5 Å². The molecule has 2 amide bonds. The lowest BCUT2D eigenvalue weighted by molar-refractivity contribution is 0.253. The fourth-order valence-corrected chi connectivity index (χ4v) is 1.18. The monoisotopic (exact) mass is 238 g/mol. The van der Waals surface area contributed by atoms with Crippen LogP contribution in [-0.4, -0.2) is 21.7 Å². The van der Waals surface area contributed by atoms with Crippen molar-refractivity contribution in [2.24, 2.45) is 14.1 Å². The normalized spacial score (nSPS) is 9.76. The van der Waals surface area contributed by atoms with Crippen LogP contribution >= 0.6 is 0 Å². The lowest BCUT2D eigenvalue weighted by atomic mass is 10.5. The molecule has 1 heterocycles. The van der Waals surface area contributed by atoms with Crippen molar-refractivity contribution in [2.45, 2.75) is 0 Å². The quantitative estimate of drug-likeness (QED) is 0.689. The molecule has 0 unspecified atom stereocenters. The van der Waals surface area contributed by atoms with Crippen molar-refractivity contribution in [3.05, 3.63) is 39.6 Å². The molecule has 0 aromatic carbocycles. The number of nitrogens with one attached hydrogen (secondary N) is 2. The van der Waals surface area contributed by atoms with E-state index in [2.05, 4.69) is 17.2 Å². The van der Waals surface area contributed by atoms with Crippen molar-refractivity contribution in [3.63, 3.8) is 0 Å². The minimum Gasteiger partial charge on any atom is -0.334 e. The minimum atomic E-state index is -0.506. The van der Waals surface area contributed by atoms with E-state index in [4.69, 9.17) is 0 Å². The molecule has 1 rings (SSSR count). The maximum absolute atomic E-state index is 11.5. The summed E-state index contributed by atoms with van der Waals surface area (Å²) in [6.45, 7) is 3.74. The fourth-order valence-electron chi connectivity index (χ4n) is 1.18. The number of urea groups is 1. The molecule has 0 saturated heterocycles. The summed E-state index contributed by atoms with van der Waals surface area (Å²) in [5.74, 6) is 0.139. The number of rotatable bonds is 3. The Kier molecular flexibility index (Phi) is 3.86. The number of carbonyl (C=O) groups is 1. The topological polar surface area (TPSA) is 85.1 Å². The Balaban J connectivity index is 3.00. The van der Waals surface area contributed by atoms with Crippen molar-refractivity contribution in [1.29, 1.82) is 0 Å². The number of carbonyl (C=O) groups excluding carboxylic acids is 1. The van der Waals surface area contributed by atoms with Gasteiger partial charge in [0.15, 0.2) is 0 Å². The van der Waals surface area contributed by atoms with E-state index in [0.717, 1.165) is 4.57 Å². The average Bonchev–Trinajstić information content (AvgIpc) is 2.30. The summed E-state index contributed by atoms with van der Waals surface area (Å²) in [6, 6.07) is 0.669. The van der Waals surface area contributed by atoms with Crippen LogP contribution in [0.1, 0.15) is 0 Å². The predicted molar refractivity (Wildman–Crippen MR) is 64.1 cm³/mol. The fraction of sp³-hybridized carbons (Fsp3) is 0.300. The molecular formula is C10H14N4O3. The number of anilines is 1. The van der Waals surface area contributed by atoms with Crippen LogP contribution in [0.4, 0.5) is 10.6 Å². The van der Waals surface area contributed by atoms with Crippen LogP contribution in [-0.2, 0) is 14.1 Å². The largest absolute Gasteiger partial charge is 0.334 e. The Hall–Kier alpha value is -2.31. The van der Waals surface area contributed by atoms with E-state index < -0.39 is 17.3 Å². The Labute approximate surface area is 97.4 Å². The summed E-state index contributed by atoms with van der Waals surface area (Å²) in [5, 5.41) is 4.87. The second-order valence-corrected chi connectivity index (χ2v) is 3.39. The van der Waals surface area contributed by atoms with Gasteiger partial charge >= 0.3 is 11.7 Å². The Bertz CT molecular complexity index is 556. The van der Waals surface area contributed by atoms with E-state index in [1.54, 1.807) is 0 Å². The zero-order valence-electron chi connectivity index (χ0n) is 9.69. The van der Waals surface area contributed by atoms with Crippen LogP contribution in [0, 0.1) is 0 Å². The van der Waals surface area contributed by atoms with E-state index in [0.29, 0.717) is 6.54 Å². The third-order valence-corrected chi connectivity index (χ3v) is 2.17. The van der Waals surface area contributed by atoms with Crippen molar-refractivity contribution >= 4 is 11.8 Å². The Morgan fingerprint density at radius 3 is 2.65 bits per heavy atom. The standard InChI is InChI=1S/C10H14N4O3/c1-4-5-11-9(16)12-7-6-8(15)14(3)10(17)13(7)2/h4,6H,1,5H2,2-3H3,(H2,11,12,16). The highest BCUT2D eigenvalue weighted by Gasteiger charge is 2.08. The van der Waals surface area contributed by atoms with E-state index in [9.17, 15) is 14.4 Å². The van der Waals surface area contributed by atoms with Gasteiger partial charge < -0.3 is 5.32 Å². The van der Waals surface area contributed by atoms with Gasteiger partial charge in [-0.15, -0.1) is 6.58 Å². The molecule has 0 atom stereocenters. The molecule has 0 bridgehead atoms. The first kappa shape index (κ1) is 12.8. The van der Waals surface area contributed by atoms with Gasteiger partial charge in [0.05, 0.1) is 0 Å². The van der Waals surface area contributed by atoms with E-state index in [1.807, 2.05) is 0 Å². The summed E-state index contributed by atoms with van der Waals surface area (Å²) >= 11 is 0. The highest BCUT2D eigenvalue weighted by molar-refractivity contribution is 5.88. The SMILES string of the molecule is C=CCNC(=O)Nc1cc(=O)n(C)c(=O)n1C. The molecule has 0 saturated carbocycles. The smallest absolute Gasteiger partial charge is 0.332 e. The molecule has 2 N–H and O–H groups in total. The molecule has 17 heavy (non-hydrogen) atoms. The third-order valence-electron chi connectivity index (χ3n) is 2.17. The Morgan fingerprint density at radius 2 is 2.06 bits per heavy atom. The summed E-state index contributed by atoms with van der Waals surface area (Å²) in [5.41, 5.74) is -0.983. The summed E-state index contributed by atoms with van der Waals surface area (Å²) < 4.78 is 2.13. The molecule has 0 aliphatic rings. The van der Waals surface area contributed by atoms with Gasteiger partial charge in [-0.1, -0.05) is 6.08 Å². The molecule has 0 spiro atoms. The molecule has 1 aromatic rings. The van der Waals surface area contributed by atoms with E-state index in [1.165, 1.54) is 30.8 Å². The number of hydrogen-bond acceptors (Lipinski definition) is 3. The molecule has 92 valence electrons. The maximum atomic E-state index is 11.5. The highest BCUT2D eigenvalue weighted by Crippen LogP contribution is 1.97. The number of amides is 2. The van der Waals surface area contributed by atoms with Gasteiger partial charge in [0.1, 0.15) is 5.82 Å². The highest BCUT2D eigenvalue weighted by atomic mass is 16.2. The first-order valence-corrected chi connectivity index (χ1v) is 4.90. The lowest BCUT2D eigenvalue weighted by Crippen LogP contribution is -2.39. The van der Waals surface area contributed by atoms with Gasteiger partial charge in [-0.25, -0.2) is 9.59 Å². The minimum absolute atomic E-state index is 0.139. The Morgan fingerprint density at radius 1 is 1.41 bits per heavy atom. The van der Waals surface area contributed by atoms with E-state index >= 15 is 0 Å². The molecule has 0 aliphatic heterocycles. The van der Waals surface area contributed by atoms with Gasteiger partial charge in [-0.2, -0.15) is 0 Å².